The molecule has 3 aromatic rings. The lowest BCUT2D eigenvalue weighted by atomic mass is 9.98. The van der Waals surface area contributed by atoms with Crippen molar-refractivity contribution in [1.82, 2.24) is 24.3 Å². The van der Waals surface area contributed by atoms with Gasteiger partial charge in [-0.1, -0.05) is 18.2 Å². The second kappa shape index (κ2) is 8.10. The average molecular weight is 377 g/mol. The molecule has 0 aliphatic carbocycles. The van der Waals surface area contributed by atoms with Gasteiger partial charge >= 0.3 is 0 Å². The highest BCUT2D eigenvalue weighted by atomic mass is 16.2. The lowest BCUT2D eigenvalue weighted by Gasteiger charge is -2.24. The molecule has 1 aromatic carbocycles. The summed E-state index contributed by atoms with van der Waals surface area (Å²) in [6.45, 7) is 5.88. The third kappa shape index (κ3) is 4.39. The van der Waals surface area contributed by atoms with Gasteiger partial charge in [-0.05, 0) is 30.0 Å². The smallest absolute Gasteiger partial charge is 0.219 e. The van der Waals surface area contributed by atoms with E-state index in [-0.39, 0.29) is 5.91 Å². The van der Waals surface area contributed by atoms with Crippen LogP contribution in [0.3, 0.4) is 0 Å². The molecule has 0 saturated carbocycles. The number of hydrogen-bond donors (Lipinski definition) is 0. The molecule has 1 aliphatic rings. The van der Waals surface area contributed by atoms with E-state index >= 15 is 0 Å². The van der Waals surface area contributed by atoms with Gasteiger partial charge in [0, 0.05) is 64.5 Å². The summed E-state index contributed by atoms with van der Waals surface area (Å²) in [6.07, 6.45) is 6.80. The van der Waals surface area contributed by atoms with Crippen molar-refractivity contribution in [2.24, 2.45) is 13.0 Å². The van der Waals surface area contributed by atoms with E-state index in [9.17, 15) is 4.79 Å². The van der Waals surface area contributed by atoms with Crippen molar-refractivity contribution in [3.05, 3.63) is 60.3 Å². The predicted molar refractivity (Wildman–Crippen MR) is 110 cm³/mol. The minimum Gasteiger partial charge on any atom is -0.341 e. The molecule has 6 heteroatoms. The minimum atomic E-state index is 0.154. The Bertz CT molecular complexity index is 966. The topological polar surface area (TPSA) is 54.3 Å². The summed E-state index contributed by atoms with van der Waals surface area (Å²) in [6, 6.07) is 10.4. The molecule has 2 aromatic heterocycles. The average Bonchev–Trinajstić information content (AvgIpc) is 2.97. The molecule has 1 fully saturated rings. The number of fused-ring (bicyclic) bond motifs is 1. The molecule has 1 unspecified atom stereocenters. The number of pyridine rings is 1. The standard InChI is InChI=1S/C22H27N5O/c1-17(28)27-8-7-26(15-21-14-25(2)16-24-21)12-19(13-27)9-18-10-20-5-3-4-6-22(20)23-11-18/h3-6,10-11,14,16,19H,7-9,12-13,15H2,1-2H3. The van der Waals surface area contributed by atoms with E-state index < -0.39 is 0 Å². The summed E-state index contributed by atoms with van der Waals surface area (Å²) in [5, 5.41) is 1.17. The fourth-order valence-electron chi connectivity index (χ4n) is 4.08. The van der Waals surface area contributed by atoms with Gasteiger partial charge in [0.2, 0.25) is 5.91 Å². The third-order valence-electron chi connectivity index (χ3n) is 5.44. The van der Waals surface area contributed by atoms with Crippen molar-refractivity contribution in [1.29, 1.82) is 0 Å². The molecule has 0 bridgehead atoms. The number of nitrogens with zero attached hydrogens (tertiary/aromatic N) is 5. The highest BCUT2D eigenvalue weighted by molar-refractivity contribution is 5.78. The van der Waals surface area contributed by atoms with Crippen molar-refractivity contribution in [3.8, 4) is 0 Å². The molecular formula is C22H27N5O. The van der Waals surface area contributed by atoms with Crippen LogP contribution < -0.4 is 0 Å². The fraction of sp³-hybridized carbons (Fsp3) is 0.409. The molecular weight excluding hydrogens is 350 g/mol. The van der Waals surface area contributed by atoms with Crippen LogP contribution in [-0.2, 0) is 24.8 Å². The molecule has 1 atom stereocenters. The summed E-state index contributed by atoms with van der Waals surface area (Å²) >= 11 is 0. The van der Waals surface area contributed by atoms with Crippen LogP contribution in [0.15, 0.2) is 49.1 Å². The molecule has 0 spiro atoms. The Morgan fingerprint density at radius 1 is 1.18 bits per heavy atom. The summed E-state index contributed by atoms with van der Waals surface area (Å²) in [5.74, 6) is 0.527. The van der Waals surface area contributed by atoms with Crippen LogP contribution in [0, 0.1) is 5.92 Å². The molecule has 3 heterocycles. The van der Waals surface area contributed by atoms with Crippen LogP contribution in [0.4, 0.5) is 0 Å². The van der Waals surface area contributed by atoms with Gasteiger partial charge in [-0.2, -0.15) is 0 Å². The van der Waals surface area contributed by atoms with Gasteiger partial charge in [0.25, 0.3) is 0 Å². The first-order valence-corrected chi connectivity index (χ1v) is 9.85. The number of aryl methyl sites for hydroxylation is 1. The Kier molecular flexibility index (Phi) is 5.39. The van der Waals surface area contributed by atoms with Gasteiger partial charge in [-0.25, -0.2) is 4.98 Å². The Morgan fingerprint density at radius 3 is 2.82 bits per heavy atom. The lowest BCUT2D eigenvalue weighted by Crippen LogP contribution is -2.34. The van der Waals surface area contributed by atoms with Gasteiger partial charge in [-0.15, -0.1) is 0 Å². The van der Waals surface area contributed by atoms with Crippen LogP contribution in [0.25, 0.3) is 10.9 Å². The molecule has 146 valence electrons. The number of imidazole rings is 1. The van der Waals surface area contributed by atoms with E-state index in [0.29, 0.717) is 5.92 Å². The van der Waals surface area contributed by atoms with E-state index in [0.717, 1.165) is 50.4 Å². The van der Waals surface area contributed by atoms with Gasteiger partial charge in [0.05, 0.1) is 17.5 Å². The van der Waals surface area contributed by atoms with Crippen LogP contribution in [0.2, 0.25) is 0 Å². The van der Waals surface area contributed by atoms with E-state index in [4.69, 9.17) is 0 Å². The Morgan fingerprint density at radius 2 is 2.04 bits per heavy atom. The van der Waals surface area contributed by atoms with E-state index in [2.05, 4.69) is 33.2 Å². The van der Waals surface area contributed by atoms with E-state index in [1.54, 1.807) is 6.92 Å². The maximum atomic E-state index is 12.1. The Labute approximate surface area is 165 Å². The molecule has 28 heavy (non-hydrogen) atoms. The van der Waals surface area contributed by atoms with Crippen molar-refractivity contribution >= 4 is 16.8 Å². The first kappa shape index (κ1) is 18.6. The number of benzene rings is 1. The molecule has 1 amide bonds. The zero-order chi connectivity index (χ0) is 19.5. The van der Waals surface area contributed by atoms with Crippen molar-refractivity contribution in [2.75, 3.05) is 26.2 Å². The lowest BCUT2D eigenvalue weighted by molar-refractivity contribution is -0.129. The molecule has 4 rings (SSSR count). The third-order valence-corrected chi connectivity index (χ3v) is 5.44. The predicted octanol–water partition coefficient (Wildman–Crippen LogP) is 2.49. The van der Waals surface area contributed by atoms with Crippen LogP contribution in [0.1, 0.15) is 18.2 Å². The number of carbonyl (C=O) groups excluding carboxylic acids is 1. The van der Waals surface area contributed by atoms with Gasteiger partial charge in [-0.3, -0.25) is 14.7 Å². The zero-order valence-corrected chi connectivity index (χ0v) is 16.6. The van der Waals surface area contributed by atoms with Crippen molar-refractivity contribution in [2.45, 2.75) is 19.9 Å². The Hall–Kier alpha value is -2.73. The monoisotopic (exact) mass is 377 g/mol. The highest BCUT2D eigenvalue weighted by Crippen LogP contribution is 2.19. The Balaban J connectivity index is 1.51. The molecule has 1 saturated heterocycles. The van der Waals surface area contributed by atoms with Crippen LogP contribution in [-0.4, -0.2) is 56.4 Å². The molecule has 6 nitrogen and oxygen atoms in total. The normalized spacial score (nSPS) is 18.4. The van der Waals surface area contributed by atoms with Crippen molar-refractivity contribution in [3.63, 3.8) is 0 Å². The number of aromatic nitrogens is 3. The number of para-hydroxylation sites is 1. The summed E-state index contributed by atoms with van der Waals surface area (Å²) in [7, 11) is 1.99. The summed E-state index contributed by atoms with van der Waals surface area (Å²) in [4.78, 5) is 25.6. The largest absolute Gasteiger partial charge is 0.341 e. The van der Waals surface area contributed by atoms with Gasteiger partial charge in [0.15, 0.2) is 0 Å². The second-order valence-corrected chi connectivity index (χ2v) is 7.84. The zero-order valence-electron chi connectivity index (χ0n) is 16.6. The van der Waals surface area contributed by atoms with Gasteiger partial charge in [0.1, 0.15) is 0 Å². The van der Waals surface area contributed by atoms with Crippen molar-refractivity contribution < 1.29 is 4.79 Å². The number of rotatable bonds is 4. The number of hydrogen-bond acceptors (Lipinski definition) is 4. The van der Waals surface area contributed by atoms with Gasteiger partial charge < -0.3 is 9.47 Å². The fourth-order valence-corrected chi connectivity index (χ4v) is 4.08. The van der Waals surface area contributed by atoms with Crippen LogP contribution in [0.5, 0.6) is 0 Å². The number of carbonyl (C=O) groups is 1. The highest BCUT2D eigenvalue weighted by Gasteiger charge is 2.25. The van der Waals surface area contributed by atoms with E-state index in [1.807, 2.05) is 47.2 Å². The van der Waals surface area contributed by atoms with E-state index in [1.165, 1.54) is 10.9 Å². The first-order valence-electron chi connectivity index (χ1n) is 9.85. The minimum absolute atomic E-state index is 0.154. The SMILES string of the molecule is CC(=O)N1CCN(Cc2cn(C)cn2)CC(Cc2cnc3ccccc3c2)C1. The molecule has 0 N–H and O–H groups in total. The quantitative estimate of drug-likeness (QED) is 0.701. The first-order chi connectivity index (χ1) is 13.6. The maximum Gasteiger partial charge on any atom is 0.219 e. The second-order valence-electron chi connectivity index (χ2n) is 7.84. The summed E-state index contributed by atoms with van der Waals surface area (Å²) in [5.41, 5.74) is 3.33. The molecule has 0 radical (unpaired) electrons. The molecule has 1 aliphatic heterocycles. The summed E-state index contributed by atoms with van der Waals surface area (Å²) < 4.78 is 1.98. The maximum absolute atomic E-state index is 12.1. The van der Waals surface area contributed by atoms with Crippen LogP contribution >= 0.6 is 0 Å². The number of amides is 1.